The maximum absolute atomic E-state index is 12.5. The molecular weight excluding hydrogens is 322 g/mol. The third kappa shape index (κ3) is 3.39. The van der Waals surface area contributed by atoms with Crippen molar-refractivity contribution < 1.29 is 14.7 Å². The Balaban J connectivity index is 2.02. The average molecular weight is 340 g/mol. The quantitative estimate of drug-likeness (QED) is 0.920. The van der Waals surface area contributed by atoms with E-state index >= 15 is 0 Å². The van der Waals surface area contributed by atoms with Gasteiger partial charge in [0.1, 0.15) is 0 Å². The second kappa shape index (κ2) is 6.39. The number of rotatable bonds is 3. The van der Waals surface area contributed by atoms with E-state index in [4.69, 9.17) is 5.11 Å². The summed E-state index contributed by atoms with van der Waals surface area (Å²) in [5, 5.41) is 8.80. The number of hydrogen-bond acceptors (Lipinski definition) is 2. The summed E-state index contributed by atoms with van der Waals surface area (Å²) in [6.07, 6.45) is 1.74. The monoisotopic (exact) mass is 339 g/mol. The van der Waals surface area contributed by atoms with Gasteiger partial charge in [-0.3, -0.25) is 9.59 Å². The summed E-state index contributed by atoms with van der Waals surface area (Å²) < 4.78 is 0.934. The fraction of sp³-hybridized carbons (Fsp3) is 0.467. The van der Waals surface area contributed by atoms with Crippen molar-refractivity contribution in [3.8, 4) is 0 Å². The average Bonchev–Trinajstić information content (AvgIpc) is 2.41. The van der Waals surface area contributed by atoms with Gasteiger partial charge >= 0.3 is 5.97 Å². The molecule has 1 heterocycles. The van der Waals surface area contributed by atoms with Crippen molar-refractivity contribution in [1.29, 1.82) is 0 Å². The van der Waals surface area contributed by atoms with Crippen LogP contribution in [0.4, 0.5) is 0 Å². The minimum absolute atomic E-state index is 0.0394. The van der Waals surface area contributed by atoms with Gasteiger partial charge in [-0.1, -0.05) is 22.0 Å². The molecule has 1 saturated heterocycles. The van der Waals surface area contributed by atoms with E-state index < -0.39 is 5.97 Å². The maximum atomic E-state index is 12.5. The number of carboxylic acids is 1. The Morgan fingerprint density at radius 2 is 2.00 bits per heavy atom. The number of hydrogen-bond donors (Lipinski definition) is 1. The van der Waals surface area contributed by atoms with Crippen molar-refractivity contribution in [3.05, 3.63) is 33.8 Å². The molecule has 1 aromatic carbocycles. The molecule has 0 radical (unpaired) electrons. The van der Waals surface area contributed by atoms with Crippen LogP contribution in [0.3, 0.4) is 0 Å². The minimum atomic E-state index is -0.752. The highest BCUT2D eigenvalue weighted by Crippen LogP contribution is 2.25. The lowest BCUT2D eigenvalue weighted by Gasteiger charge is -2.31. The summed E-state index contributed by atoms with van der Waals surface area (Å²) in [4.78, 5) is 25.0. The summed E-state index contributed by atoms with van der Waals surface area (Å²) in [7, 11) is 0. The van der Waals surface area contributed by atoms with Crippen LogP contribution in [0, 0.1) is 12.8 Å². The van der Waals surface area contributed by atoms with Crippen molar-refractivity contribution in [2.75, 3.05) is 13.1 Å². The molecule has 4 nitrogen and oxygen atoms in total. The SMILES string of the molecule is Cc1c(Br)cccc1C(=O)N1CCC(CC(=O)O)CC1. The Kier molecular flexibility index (Phi) is 4.81. The van der Waals surface area contributed by atoms with Gasteiger partial charge in [-0.05, 0) is 43.4 Å². The van der Waals surface area contributed by atoms with Crippen LogP contribution in [-0.2, 0) is 4.79 Å². The molecule has 1 amide bonds. The topological polar surface area (TPSA) is 57.6 Å². The molecule has 108 valence electrons. The van der Waals surface area contributed by atoms with Crippen LogP contribution < -0.4 is 0 Å². The molecule has 1 aliphatic rings. The fourth-order valence-electron chi connectivity index (χ4n) is 2.60. The Labute approximate surface area is 126 Å². The molecule has 1 N–H and O–H groups in total. The van der Waals surface area contributed by atoms with Crippen molar-refractivity contribution in [2.24, 2.45) is 5.92 Å². The van der Waals surface area contributed by atoms with Crippen LogP contribution in [0.25, 0.3) is 0 Å². The molecule has 1 fully saturated rings. The zero-order valence-corrected chi connectivity index (χ0v) is 13.0. The van der Waals surface area contributed by atoms with Gasteiger partial charge in [-0.25, -0.2) is 0 Å². The number of piperidine rings is 1. The van der Waals surface area contributed by atoms with Gasteiger partial charge in [0, 0.05) is 29.5 Å². The van der Waals surface area contributed by atoms with Gasteiger partial charge in [0.2, 0.25) is 0 Å². The van der Waals surface area contributed by atoms with Gasteiger partial charge in [-0.15, -0.1) is 0 Å². The lowest BCUT2D eigenvalue weighted by Crippen LogP contribution is -2.39. The molecule has 20 heavy (non-hydrogen) atoms. The standard InChI is InChI=1S/C15H18BrNO3/c1-10-12(3-2-4-13(10)16)15(20)17-7-5-11(6-8-17)9-14(18)19/h2-4,11H,5-9H2,1H3,(H,18,19). The molecule has 1 aromatic rings. The number of carbonyl (C=O) groups is 2. The van der Waals surface area contributed by atoms with Crippen LogP contribution in [0.2, 0.25) is 0 Å². The smallest absolute Gasteiger partial charge is 0.303 e. The normalized spacial score (nSPS) is 16.2. The number of carbonyl (C=O) groups excluding carboxylic acids is 1. The predicted octanol–water partition coefficient (Wildman–Crippen LogP) is 3.08. The predicted molar refractivity (Wildman–Crippen MR) is 79.8 cm³/mol. The van der Waals surface area contributed by atoms with E-state index in [0.717, 1.165) is 28.4 Å². The molecule has 0 unspecified atom stereocenters. The Hall–Kier alpha value is -1.36. The van der Waals surface area contributed by atoms with Gasteiger partial charge in [0.25, 0.3) is 5.91 Å². The second-order valence-corrected chi connectivity index (χ2v) is 6.10. The number of benzene rings is 1. The molecule has 0 aliphatic carbocycles. The van der Waals surface area contributed by atoms with E-state index in [2.05, 4.69) is 15.9 Å². The van der Waals surface area contributed by atoms with E-state index in [0.29, 0.717) is 13.1 Å². The number of amides is 1. The van der Waals surface area contributed by atoms with Crippen LogP contribution in [0.15, 0.2) is 22.7 Å². The number of nitrogens with zero attached hydrogens (tertiary/aromatic N) is 1. The molecule has 0 spiro atoms. The molecule has 0 atom stereocenters. The highest BCUT2D eigenvalue weighted by molar-refractivity contribution is 9.10. The molecule has 5 heteroatoms. The third-order valence-corrected chi connectivity index (χ3v) is 4.72. The van der Waals surface area contributed by atoms with Gasteiger partial charge in [-0.2, -0.15) is 0 Å². The number of carboxylic acid groups (broad SMARTS) is 1. The first kappa shape index (κ1) is 15.0. The highest BCUT2D eigenvalue weighted by Gasteiger charge is 2.25. The summed E-state index contributed by atoms with van der Waals surface area (Å²) in [5.41, 5.74) is 1.67. The van der Waals surface area contributed by atoms with Crippen molar-refractivity contribution >= 4 is 27.8 Å². The van der Waals surface area contributed by atoms with E-state index in [9.17, 15) is 9.59 Å². The van der Waals surface area contributed by atoms with E-state index in [-0.39, 0.29) is 18.2 Å². The number of halogens is 1. The van der Waals surface area contributed by atoms with Crippen LogP contribution >= 0.6 is 15.9 Å². The van der Waals surface area contributed by atoms with E-state index in [1.54, 1.807) is 0 Å². The molecule has 0 aromatic heterocycles. The zero-order valence-electron chi connectivity index (χ0n) is 11.4. The van der Waals surface area contributed by atoms with Gasteiger partial charge in [0.05, 0.1) is 0 Å². The van der Waals surface area contributed by atoms with Crippen LogP contribution in [0.1, 0.15) is 35.2 Å². The molecule has 1 aliphatic heterocycles. The Bertz CT molecular complexity index is 522. The molecule has 2 rings (SSSR count). The first-order valence-electron chi connectivity index (χ1n) is 6.75. The summed E-state index contributed by atoms with van der Waals surface area (Å²) in [6.45, 7) is 3.21. The lowest BCUT2D eigenvalue weighted by molar-refractivity contribution is -0.138. The van der Waals surface area contributed by atoms with E-state index in [1.807, 2.05) is 30.0 Å². The van der Waals surface area contributed by atoms with Gasteiger partial charge in [0.15, 0.2) is 0 Å². The first-order chi connectivity index (χ1) is 9.49. The van der Waals surface area contributed by atoms with Gasteiger partial charge < -0.3 is 10.0 Å². The highest BCUT2D eigenvalue weighted by atomic mass is 79.9. The zero-order chi connectivity index (χ0) is 14.7. The summed E-state index contributed by atoms with van der Waals surface area (Å²) in [6, 6.07) is 5.62. The number of aliphatic carboxylic acids is 1. The second-order valence-electron chi connectivity index (χ2n) is 5.25. The largest absolute Gasteiger partial charge is 0.481 e. The first-order valence-corrected chi connectivity index (χ1v) is 7.54. The molecule has 0 bridgehead atoms. The van der Waals surface area contributed by atoms with E-state index in [1.165, 1.54) is 0 Å². The van der Waals surface area contributed by atoms with Crippen molar-refractivity contribution in [2.45, 2.75) is 26.2 Å². The lowest BCUT2D eigenvalue weighted by atomic mass is 9.93. The van der Waals surface area contributed by atoms with Crippen LogP contribution in [0.5, 0.6) is 0 Å². The summed E-state index contributed by atoms with van der Waals surface area (Å²) >= 11 is 3.44. The summed E-state index contributed by atoms with van der Waals surface area (Å²) in [5.74, 6) is -0.518. The number of likely N-dealkylation sites (tertiary alicyclic amines) is 1. The van der Waals surface area contributed by atoms with Crippen LogP contribution in [-0.4, -0.2) is 35.0 Å². The maximum Gasteiger partial charge on any atom is 0.303 e. The Morgan fingerprint density at radius 1 is 1.35 bits per heavy atom. The van der Waals surface area contributed by atoms with Crippen molar-refractivity contribution in [3.63, 3.8) is 0 Å². The minimum Gasteiger partial charge on any atom is -0.481 e. The fourth-order valence-corrected chi connectivity index (χ4v) is 2.96. The third-order valence-electron chi connectivity index (χ3n) is 3.86. The van der Waals surface area contributed by atoms with Crippen molar-refractivity contribution in [1.82, 2.24) is 4.90 Å². The molecular formula is C15H18BrNO3. The Morgan fingerprint density at radius 3 is 2.60 bits per heavy atom. The molecule has 0 saturated carbocycles.